The molecule has 156 valence electrons. The molecule has 0 atom stereocenters. The smallest absolute Gasteiger partial charge is 0.349 e. The van der Waals surface area contributed by atoms with Gasteiger partial charge in [0.2, 0.25) is 0 Å². The molecular weight excluding hydrogens is 404 g/mol. The predicted octanol–water partition coefficient (Wildman–Crippen LogP) is 4.46. The number of nitriles is 1. The Balaban J connectivity index is 1.91. The van der Waals surface area contributed by atoms with E-state index < -0.39 is 11.9 Å². The van der Waals surface area contributed by atoms with Crippen molar-refractivity contribution >= 4 is 29.6 Å². The Kier molecular flexibility index (Phi) is 8.92. The average molecular weight is 427 g/mol. The summed E-state index contributed by atoms with van der Waals surface area (Å²) in [6.07, 6.45) is 3.29. The first-order valence-corrected chi connectivity index (χ1v) is 9.90. The lowest BCUT2D eigenvalue weighted by Gasteiger charge is -2.08. The molecular formula is C23H23ClN2O4. The number of ether oxygens (including phenoxy) is 2. The Morgan fingerprint density at radius 1 is 1.17 bits per heavy atom. The molecule has 0 aliphatic rings. The third kappa shape index (κ3) is 7.26. The van der Waals surface area contributed by atoms with Crippen molar-refractivity contribution in [1.82, 2.24) is 5.32 Å². The molecule has 2 aromatic rings. The second-order valence-electron chi connectivity index (χ2n) is 6.52. The van der Waals surface area contributed by atoms with Gasteiger partial charge in [0.15, 0.2) is 6.61 Å². The van der Waals surface area contributed by atoms with Gasteiger partial charge in [0.1, 0.15) is 23.1 Å². The standard InChI is InChI=1S/C23H23ClN2O4/c1-3-4-11-26-23(28)18(14-25)13-17-5-7-19(8-6-17)30-22(27)15-29-20-9-10-21(24)16(2)12-20/h5-10,12-13H,3-4,11,15H2,1-2H3,(H,26,28)/b18-13+. The number of amides is 1. The summed E-state index contributed by atoms with van der Waals surface area (Å²) in [7, 11) is 0. The van der Waals surface area contributed by atoms with Crippen LogP contribution < -0.4 is 14.8 Å². The van der Waals surface area contributed by atoms with Gasteiger partial charge in [-0.15, -0.1) is 0 Å². The third-order valence-corrected chi connectivity index (χ3v) is 4.51. The molecule has 2 rings (SSSR count). The van der Waals surface area contributed by atoms with E-state index in [-0.39, 0.29) is 12.2 Å². The molecule has 2 aromatic carbocycles. The first-order chi connectivity index (χ1) is 14.4. The SMILES string of the molecule is CCCCNC(=O)/C(C#N)=C/c1ccc(OC(=O)COc2ccc(Cl)c(C)c2)cc1. The molecule has 0 unspecified atom stereocenters. The summed E-state index contributed by atoms with van der Waals surface area (Å²) >= 11 is 5.96. The van der Waals surface area contributed by atoms with Crippen molar-refractivity contribution in [3.8, 4) is 17.6 Å². The number of aryl methyl sites for hydroxylation is 1. The first-order valence-electron chi connectivity index (χ1n) is 9.52. The molecule has 30 heavy (non-hydrogen) atoms. The summed E-state index contributed by atoms with van der Waals surface area (Å²) in [5.41, 5.74) is 1.51. The van der Waals surface area contributed by atoms with Crippen LogP contribution in [0.1, 0.15) is 30.9 Å². The van der Waals surface area contributed by atoms with Crippen molar-refractivity contribution in [3.05, 3.63) is 64.2 Å². The van der Waals surface area contributed by atoms with Gasteiger partial charge in [-0.05, 0) is 60.9 Å². The van der Waals surface area contributed by atoms with Crippen LogP contribution in [0, 0.1) is 18.3 Å². The molecule has 0 heterocycles. The maximum Gasteiger partial charge on any atom is 0.349 e. The molecule has 0 aliphatic carbocycles. The molecule has 7 heteroatoms. The normalized spacial score (nSPS) is 10.8. The van der Waals surface area contributed by atoms with Crippen molar-refractivity contribution in [3.63, 3.8) is 0 Å². The zero-order valence-electron chi connectivity index (χ0n) is 16.9. The van der Waals surface area contributed by atoms with Crippen molar-refractivity contribution in [2.75, 3.05) is 13.2 Å². The van der Waals surface area contributed by atoms with E-state index in [1.54, 1.807) is 42.5 Å². The summed E-state index contributed by atoms with van der Waals surface area (Å²) in [6, 6.07) is 13.5. The van der Waals surface area contributed by atoms with Gasteiger partial charge in [-0.3, -0.25) is 4.79 Å². The van der Waals surface area contributed by atoms with Crippen LogP contribution in [0.5, 0.6) is 11.5 Å². The average Bonchev–Trinajstić information content (AvgIpc) is 2.74. The van der Waals surface area contributed by atoms with Crippen molar-refractivity contribution in [2.24, 2.45) is 0 Å². The molecule has 0 saturated carbocycles. The van der Waals surface area contributed by atoms with E-state index in [2.05, 4.69) is 5.32 Å². The van der Waals surface area contributed by atoms with Crippen molar-refractivity contribution in [1.29, 1.82) is 5.26 Å². The molecule has 0 saturated heterocycles. The number of esters is 1. The fourth-order valence-electron chi connectivity index (χ4n) is 2.43. The number of hydrogen-bond donors (Lipinski definition) is 1. The summed E-state index contributed by atoms with van der Waals surface area (Å²) in [5, 5.41) is 12.5. The lowest BCUT2D eigenvalue weighted by molar-refractivity contribution is -0.136. The van der Waals surface area contributed by atoms with Gasteiger partial charge < -0.3 is 14.8 Å². The fourth-order valence-corrected chi connectivity index (χ4v) is 2.55. The number of benzene rings is 2. The van der Waals surface area contributed by atoms with Crippen LogP contribution in [0.3, 0.4) is 0 Å². The Labute approximate surface area is 181 Å². The van der Waals surface area contributed by atoms with Gasteiger partial charge in [-0.2, -0.15) is 5.26 Å². The highest BCUT2D eigenvalue weighted by Gasteiger charge is 2.09. The Bertz CT molecular complexity index is 962. The lowest BCUT2D eigenvalue weighted by atomic mass is 10.1. The second-order valence-corrected chi connectivity index (χ2v) is 6.93. The lowest BCUT2D eigenvalue weighted by Crippen LogP contribution is -2.25. The highest BCUT2D eigenvalue weighted by Crippen LogP contribution is 2.21. The number of halogens is 1. The Morgan fingerprint density at radius 2 is 1.87 bits per heavy atom. The minimum Gasteiger partial charge on any atom is -0.482 e. The van der Waals surface area contributed by atoms with Gasteiger partial charge >= 0.3 is 5.97 Å². The van der Waals surface area contributed by atoms with Crippen LogP contribution >= 0.6 is 11.6 Å². The van der Waals surface area contributed by atoms with Gasteiger partial charge in [0.25, 0.3) is 5.91 Å². The summed E-state index contributed by atoms with van der Waals surface area (Å²) in [4.78, 5) is 24.0. The zero-order chi connectivity index (χ0) is 21.9. The van der Waals surface area contributed by atoms with E-state index >= 15 is 0 Å². The fraction of sp³-hybridized carbons (Fsp3) is 0.261. The van der Waals surface area contributed by atoms with Crippen LogP contribution in [0.2, 0.25) is 5.02 Å². The highest BCUT2D eigenvalue weighted by atomic mass is 35.5. The third-order valence-electron chi connectivity index (χ3n) is 4.09. The minimum absolute atomic E-state index is 0.0162. The second kappa shape index (κ2) is 11.6. The van der Waals surface area contributed by atoms with Gasteiger partial charge in [-0.1, -0.05) is 37.1 Å². The molecule has 1 N–H and O–H groups in total. The largest absolute Gasteiger partial charge is 0.482 e. The Morgan fingerprint density at radius 3 is 2.50 bits per heavy atom. The molecule has 1 amide bonds. The number of hydrogen-bond acceptors (Lipinski definition) is 5. The van der Waals surface area contributed by atoms with Crippen molar-refractivity contribution in [2.45, 2.75) is 26.7 Å². The number of unbranched alkanes of at least 4 members (excludes halogenated alkanes) is 1. The van der Waals surface area contributed by atoms with E-state index in [1.807, 2.05) is 19.9 Å². The first kappa shape index (κ1) is 23.0. The number of nitrogens with zero attached hydrogens (tertiary/aromatic N) is 1. The van der Waals surface area contributed by atoms with E-state index in [0.717, 1.165) is 18.4 Å². The number of carbonyl (C=O) groups is 2. The molecule has 6 nitrogen and oxygen atoms in total. The molecule has 0 spiro atoms. The van der Waals surface area contributed by atoms with Crippen LogP contribution in [-0.2, 0) is 9.59 Å². The minimum atomic E-state index is -0.557. The van der Waals surface area contributed by atoms with Crippen LogP contribution in [0.15, 0.2) is 48.0 Å². The maximum atomic E-state index is 12.0. The molecule has 0 fully saturated rings. The van der Waals surface area contributed by atoms with Gasteiger partial charge in [0, 0.05) is 11.6 Å². The quantitative estimate of drug-likeness (QED) is 0.210. The molecule has 0 aliphatic heterocycles. The van der Waals surface area contributed by atoms with E-state index in [4.69, 9.17) is 21.1 Å². The Hall–Kier alpha value is -3.30. The zero-order valence-corrected chi connectivity index (χ0v) is 17.7. The van der Waals surface area contributed by atoms with Crippen LogP contribution in [-0.4, -0.2) is 25.0 Å². The summed E-state index contributed by atoms with van der Waals surface area (Å²) in [6.45, 7) is 4.14. The van der Waals surface area contributed by atoms with E-state index in [1.165, 1.54) is 6.08 Å². The van der Waals surface area contributed by atoms with E-state index in [9.17, 15) is 14.9 Å². The highest BCUT2D eigenvalue weighted by molar-refractivity contribution is 6.31. The number of nitrogens with one attached hydrogen (secondary N) is 1. The summed E-state index contributed by atoms with van der Waals surface area (Å²) in [5.74, 6) is -0.107. The van der Waals surface area contributed by atoms with Gasteiger partial charge in [-0.25, -0.2) is 4.79 Å². The van der Waals surface area contributed by atoms with Gasteiger partial charge in [0.05, 0.1) is 0 Å². The monoisotopic (exact) mass is 426 g/mol. The molecule has 0 aromatic heterocycles. The van der Waals surface area contributed by atoms with Crippen LogP contribution in [0.4, 0.5) is 0 Å². The molecule has 0 bridgehead atoms. The van der Waals surface area contributed by atoms with E-state index in [0.29, 0.717) is 28.6 Å². The predicted molar refractivity (Wildman–Crippen MR) is 115 cm³/mol. The van der Waals surface area contributed by atoms with Crippen LogP contribution in [0.25, 0.3) is 6.08 Å². The topological polar surface area (TPSA) is 88.4 Å². The maximum absolute atomic E-state index is 12.0. The summed E-state index contributed by atoms with van der Waals surface area (Å²) < 4.78 is 10.6. The number of rotatable bonds is 9. The molecule has 0 radical (unpaired) electrons. The number of carbonyl (C=O) groups excluding carboxylic acids is 2. The van der Waals surface area contributed by atoms with Crippen molar-refractivity contribution < 1.29 is 19.1 Å².